The molecule has 0 spiro atoms. The fourth-order valence-corrected chi connectivity index (χ4v) is 9.52. The molecule has 0 amide bonds. The van der Waals surface area contributed by atoms with Gasteiger partial charge in [-0.3, -0.25) is 4.79 Å². The zero-order valence-electron chi connectivity index (χ0n) is 45.0. The van der Waals surface area contributed by atoms with Gasteiger partial charge in [0.25, 0.3) is 0 Å². The molecule has 0 radical (unpaired) electrons. The lowest BCUT2D eigenvalue weighted by atomic mass is 9.98. The molecule has 2 fully saturated rings. The van der Waals surface area contributed by atoms with Crippen molar-refractivity contribution in [3.63, 3.8) is 0 Å². The Morgan fingerprint density at radius 2 is 0.831 bits per heavy atom. The van der Waals surface area contributed by atoms with Crippen LogP contribution in [0.4, 0.5) is 0 Å². The highest BCUT2D eigenvalue weighted by atomic mass is 16.7. The van der Waals surface area contributed by atoms with Gasteiger partial charge in [0.05, 0.1) is 26.4 Å². The van der Waals surface area contributed by atoms with Crippen LogP contribution in [0.2, 0.25) is 0 Å². The third kappa shape index (κ3) is 32.0. The number of allylic oxidation sites excluding steroid dienone is 2. The van der Waals surface area contributed by atoms with E-state index >= 15 is 0 Å². The quantitative estimate of drug-likeness (QED) is 0.0172. The lowest BCUT2D eigenvalue weighted by Gasteiger charge is -2.42. The number of unbranched alkanes of at least 4 members (excludes halogenated alkanes) is 32. The van der Waals surface area contributed by atoms with Gasteiger partial charge in [-0.2, -0.15) is 0 Å². The van der Waals surface area contributed by atoms with Crippen LogP contribution >= 0.6 is 0 Å². The summed E-state index contributed by atoms with van der Waals surface area (Å²) in [6.45, 7) is 3.74. The Balaban J connectivity index is 1.71. The van der Waals surface area contributed by atoms with Gasteiger partial charge in [0.1, 0.15) is 54.9 Å². The molecule has 2 aliphatic rings. The Morgan fingerprint density at radius 3 is 1.28 bits per heavy atom. The molecule has 0 saturated carbocycles. The number of aliphatic hydroxyl groups is 7. The van der Waals surface area contributed by atoms with Crippen LogP contribution in [0.3, 0.4) is 0 Å². The summed E-state index contributed by atoms with van der Waals surface area (Å²) in [5.74, 6) is -0.370. The second-order valence-corrected chi connectivity index (χ2v) is 20.8. The Kier molecular flexibility index (Phi) is 41.7. The summed E-state index contributed by atoms with van der Waals surface area (Å²) in [4.78, 5) is 13.1. The van der Waals surface area contributed by atoms with Gasteiger partial charge in [0.15, 0.2) is 12.6 Å². The number of rotatable bonds is 48. The molecular weight excluding hydrogens is 909 g/mol. The number of carbonyl (C=O) groups is 1. The van der Waals surface area contributed by atoms with Crippen molar-refractivity contribution in [1.82, 2.24) is 0 Å². The molecule has 7 N–H and O–H groups in total. The van der Waals surface area contributed by atoms with Crippen LogP contribution < -0.4 is 0 Å². The van der Waals surface area contributed by atoms with Gasteiger partial charge in [0, 0.05) is 13.0 Å². The van der Waals surface area contributed by atoms with E-state index in [2.05, 4.69) is 26.0 Å². The third-order valence-corrected chi connectivity index (χ3v) is 14.3. The van der Waals surface area contributed by atoms with Gasteiger partial charge < -0.3 is 64.2 Å². The van der Waals surface area contributed by atoms with Gasteiger partial charge in [-0.25, -0.2) is 0 Å². The van der Waals surface area contributed by atoms with Crippen molar-refractivity contribution in [2.24, 2.45) is 0 Å². The average molecular weight is 1020 g/mol. The summed E-state index contributed by atoms with van der Waals surface area (Å²) in [5, 5.41) is 72.3. The van der Waals surface area contributed by atoms with Gasteiger partial charge in [-0.1, -0.05) is 212 Å². The topological polar surface area (TPSA) is 214 Å². The Bertz CT molecular complexity index is 1230. The first-order valence-electron chi connectivity index (χ1n) is 29.3. The van der Waals surface area contributed by atoms with Crippen molar-refractivity contribution in [3.8, 4) is 0 Å². The van der Waals surface area contributed by atoms with E-state index in [1.165, 1.54) is 180 Å². The van der Waals surface area contributed by atoms with Crippen molar-refractivity contribution in [1.29, 1.82) is 0 Å². The van der Waals surface area contributed by atoms with Gasteiger partial charge in [0.2, 0.25) is 0 Å². The van der Waals surface area contributed by atoms with E-state index in [0.29, 0.717) is 13.0 Å². The van der Waals surface area contributed by atoms with Gasteiger partial charge in [-0.05, 0) is 38.5 Å². The number of aliphatic hydroxyl groups excluding tert-OH is 7. The van der Waals surface area contributed by atoms with Crippen molar-refractivity contribution < 1.29 is 69.0 Å². The second-order valence-electron chi connectivity index (χ2n) is 20.8. The van der Waals surface area contributed by atoms with Crippen LogP contribution in [-0.2, 0) is 33.2 Å². The molecule has 0 aromatic heterocycles. The first-order valence-corrected chi connectivity index (χ1v) is 29.3. The Morgan fingerprint density at radius 1 is 0.451 bits per heavy atom. The number of esters is 1. The molecule has 14 heteroatoms. The molecular formula is C57H108O14. The molecule has 2 rings (SSSR count). The highest BCUT2D eigenvalue weighted by molar-refractivity contribution is 5.69. The maximum atomic E-state index is 13.1. The minimum Gasteiger partial charge on any atom is -0.457 e. The van der Waals surface area contributed by atoms with Crippen LogP contribution in [0, 0.1) is 0 Å². The van der Waals surface area contributed by atoms with Crippen molar-refractivity contribution in [2.45, 2.75) is 313 Å². The number of hydrogen-bond donors (Lipinski definition) is 7. The molecule has 0 bridgehead atoms. The lowest BCUT2D eigenvalue weighted by molar-refractivity contribution is -0.332. The smallest absolute Gasteiger partial charge is 0.306 e. The fourth-order valence-electron chi connectivity index (χ4n) is 9.52. The maximum Gasteiger partial charge on any atom is 0.306 e. The van der Waals surface area contributed by atoms with Crippen LogP contribution in [0.25, 0.3) is 0 Å². The van der Waals surface area contributed by atoms with Crippen molar-refractivity contribution >= 4 is 5.97 Å². The first-order chi connectivity index (χ1) is 34.6. The minimum absolute atomic E-state index is 0.0668. The summed E-state index contributed by atoms with van der Waals surface area (Å²) in [6, 6.07) is 0. The van der Waals surface area contributed by atoms with E-state index in [1.54, 1.807) is 0 Å². The highest BCUT2D eigenvalue weighted by Gasteiger charge is 2.47. The van der Waals surface area contributed by atoms with Crippen LogP contribution in [0.5, 0.6) is 0 Å². The first kappa shape index (κ1) is 65.8. The molecule has 14 nitrogen and oxygen atoms in total. The van der Waals surface area contributed by atoms with Crippen LogP contribution in [0.15, 0.2) is 12.2 Å². The molecule has 2 aliphatic heterocycles. The molecule has 420 valence electrons. The summed E-state index contributed by atoms with van der Waals surface area (Å²) >= 11 is 0. The molecule has 2 heterocycles. The number of ether oxygens (including phenoxy) is 6. The Hall–Kier alpha value is -1.27. The molecule has 0 aliphatic carbocycles. The van der Waals surface area contributed by atoms with Crippen molar-refractivity contribution in [3.05, 3.63) is 12.2 Å². The average Bonchev–Trinajstić information content (AvgIpc) is 3.37. The lowest BCUT2D eigenvalue weighted by Crippen LogP contribution is -2.61. The predicted molar refractivity (Wildman–Crippen MR) is 280 cm³/mol. The van der Waals surface area contributed by atoms with E-state index in [0.717, 1.165) is 38.5 Å². The fraction of sp³-hybridized carbons (Fsp3) is 0.947. The molecule has 11 atom stereocenters. The van der Waals surface area contributed by atoms with E-state index in [-0.39, 0.29) is 25.6 Å². The summed E-state index contributed by atoms with van der Waals surface area (Å²) in [7, 11) is 0. The predicted octanol–water partition coefficient (Wildman–Crippen LogP) is 10.2. The van der Waals surface area contributed by atoms with E-state index in [9.17, 15) is 40.5 Å². The largest absolute Gasteiger partial charge is 0.457 e. The molecule has 2 saturated heterocycles. The summed E-state index contributed by atoms with van der Waals surface area (Å²) in [5.41, 5.74) is 0. The number of hydrogen-bond acceptors (Lipinski definition) is 14. The zero-order valence-corrected chi connectivity index (χ0v) is 45.0. The standard InChI is InChI=1S/C57H108O14/c1-3-5-7-9-11-13-15-17-19-21-22-23-25-27-29-31-33-35-37-39-41-66-43-46(69-49(59)40-38-36-34-32-30-28-26-24-20-18-16-14-12-10-8-6-4-2)44-67-56-55(65)53(63)51(61)48(71-56)45-68-57-54(64)52(62)50(60)47(42-58)70-57/h17,19,46-48,50-58,60-65H,3-16,18,20-45H2,1-2H3/b19-17-. The van der Waals surface area contributed by atoms with E-state index in [4.69, 9.17) is 28.4 Å². The third-order valence-electron chi connectivity index (χ3n) is 14.3. The molecule has 0 aromatic carbocycles. The monoisotopic (exact) mass is 1020 g/mol. The normalized spacial score (nSPS) is 25.3. The number of carbonyl (C=O) groups excluding carboxylic acids is 1. The molecule has 0 aromatic rings. The Labute approximate surface area is 431 Å². The van der Waals surface area contributed by atoms with E-state index < -0.39 is 80.7 Å². The molecule has 11 unspecified atom stereocenters. The highest BCUT2D eigenvalue weighted by Crippen LogP contribution is 2.27. The van der Waals surface area contributed by atoms with Crippen LogP contribution in [0.1, 0.15) is 245 Å². The van der Waals surface area contributed by atoms with Gasteiger partial charge >= 0.3 is 5.97 Å². The van der Waals surface area contributed by atoms with E-state index in [1.807, 2.05) is 0 Å². The van der Waals surface area contributed by atoms with Crippen LogP contribution in [-0.4, -0.2) is 142 Å². The second kappa shape index (κ2) is 45.0. The zero-order chi connectivity index (χ0) is 51.6. The van der Waals surface area contributed by atoms with Crippen molar-refractivity contribution in [2.75, 3.05) is 33.0 Å². The van der Waals surface area contributed by atoms with Gasteiger partial charge in [-0.15, -0.1) is 0 Å². The summed E-state index contributed by atoms with van der Waals surface area (Å²) in [6.07, 6.45) is 32.7. The molecule has 71 heavy (non-hydrogen) atoms. The minimum atomic E-state index is -1.70. The maximum absolute atomic E-state index is 13.1. The summed E-state index contributed by atoms with van der Waals surface area (Å²) < 4.78 is 34.4. The SMILES string of the molecule is CCCCCCCC/C=C\CCCCCCCCCCCCOCC(COC1OC(COC2OC(CO)C(O)C(O)C2O)C(O)C(O)C1O)OC(=O)CCCCCCCCCCCCCCCCCCC.